The number of nitrogens with two attached hydrogens (primary N) is 1. The molecule has 0 saturated heterocycles. The Hall–Kier alpha value is -1.18. The van der Waals surface area contributed by atoms with Gasteiger partial charge in [-0.1, -0.05) is 19.4 Å². The van der Waals surface area contributed by atoms with E-state index in [0.29, 0.717) is 0 Å². The van der Waals surface area contributed by atoms with Crippen molar-refractivity contribution < 1.29 is 0 Å². The van der Waals surface area contributed by atoms with E-state index in [1.807, 2.05) is 6.92 Å². The largest absolute Gasteiger partial charge is 0.398 e. The Balaban J connectivity index is 2.78. The number of aryl methyl sites for hydroxylation is 1. The predicted molar refractivity (Wildman–Crippen MR) is 68.4 cm³/mol. The monoisotopic (exact) mass is 206 g/mol. The Morgan fingerprint density at radius 2 is 2.00 bits per heavy atom. The molecule has 0 bridgehead atoms. The predicted octanol–water partition coefficient (Wildman–Crippen LogP) is 3.20. The van der Waals surface area contributed by atoms with Crippen LogP contribution in [0.1, 0.15) is 32.3 Å². The molecule has 2 N–H and O–H groups in total. The minimum Gasteiger partial charge on any atom is -0.398 e. The highest BCUT2D eigenvalue weighted by Crippen LogP contribution is 2.21. The molecule has 0 unspecified atom stereocenters. The molecule has 0 saturated carbocycles. The Morgan fingerprint density at radius 3 is 2.53 bits per heavy atom. The molecular formula is C13H22N2. The summed E-state index contributed by atoms with van der Waals surface area (Å²) in [4.78, 5) is 2.37. The fourth-order valence-corrected chi connectivity index (χ4v) is 1.64. The van der Waals surface area contributed by atoms with Gasteiger partial charge < -0.3 is 10.6 Å². The average molecular weight is 206 g/mol. The molecule has 0 amide bonds. The molecule has 0 atom stereocenters. The first-order chi connectivity index (χ1) is 7.19. The van der Waals surface area contributed by atoms with Gasteiger partial charge >= 0.3 is 0 Å². The zero-order valence-electron chi connectivity index (χ0n) is 10.1. The second kappa shape index (κ2) is 5.64. The minimum absolute atomic E-state index is 0.891. The molecule has 0 aliphatic rings. The van der Waals surface area contributed by atoms with E-state index in [-0.39, 0.29) is 0 Å². The number of unbranched alkanes of at least 4 members (excludes halogenated alkanes) is 1. The van der Waals surface area contributed by atoms with Gasteiger partial charge in [0, 0.05) is 24.5 Å². The lowest BCUT2D eigenvalue weighted by Gasteiger charge is -2.23. The van der Waals surface area contributed by atoms with Crippen LogP contribution in [0.4, 0.5) is 11.4 Å². The van der Waals surface area contributed by atoms with Gasteiger partial charge in [-0.25, -0.2) is 0 Å². The first-order valence-electron chi connectivity index (χ1n) is 5.80. The van der Waals surface area contributed by atoms with Gasteiger partial charge in [0.05, 0.1) is 0 Å². The third-order valence-corrected chi connectivity index (χ3v) is 2.79. The molecule has 0 aliphatic carbocycles. The van der Waals surface area contributed by atoms with Crippen LogP contribution in [0.2, 0.25) is 0 Å². The van der Waals surface area contributed by atoms with Gasteiger partial charge in [-0.05, 0) is 38.0 Å². The standard InChI is InChI=1S/C13H22N2/c1-4-6-9-15(5-2)12-8-7-11(3)13(14)10-12/h7-8,10H,4-6,9,14H2,1-3H3. The molecule has 0 aliphatic heterocycles. The van der Waals surface area contributed by atoms with Crippen LogP contribution in [-0.4, -0.2) is 13.1 Å². The fourth-order valence-electron chi connectivity index (χ4n) is 1.64. The summed E-state index contributed by atoms with van der Waals surface area (Å²) >= 11 is 0. The molecule has 1 rings (SSSR count). The van der Waals surface area contributed by atoms with E-state index in [0.717, 1.165) is 24.3 Å². The first kappa shape index (κ1) is 11.9. The molecule has 84 valence electrons. The quantitative estimate of drug-likeness (QED) is 0.750. The molecule has 0 aromatic heterocycles. The van der Waals surface area contributed by atoms with Crippen molar-refractivity contribution >= 4 is 11.4 Å². The van der Waals surface area contributed by atoms with Crippen molar-refractivity contribution in [3.8, 4) is 0 Å². The number of hydrogen-bond acceptors (Lipinski definition) is 2. The van der Waals surface area contributed by atoms with Crippen LogP contribution in [0.3, 0.4) is 0 Å². The highest BCUT2D eigenvalue weighted by Gasteiger charge is 2.04. The molecule has 1 aromatic rings. The van der Waals surface area contributed by atoms with Gasteiger partial charge in [0.2, 0.25) is 0 Å². The van der Waals surface area contributed by atoms with E-state index in [2.05, 4.69) is 36.9 Å². The SMILES string of the molecule is CCCCN(CC)c1ccc(C)c(N)c1. The van der Waals surface area contributed by atoms with Crippen molar-refractivity contribution in [2.24, 2.45) is 0 Å². The Labute approximate surface area is 93.1 Å². The minimum atomic E-state index is 0.891. The number of benzene rings is 1. The molecular weight excluding hydrogens is 184 g/mol. The highest BCUT2D eigenvalue weighted by atomic mass is 15.1. The smallest absolute Gasteiger partial charge is 0.0386 e. The van der Waals surface area contributed by atoms with E-state index in [1.165, 1.54) is 18.5 Å². The number of anilines is 2. The normalized spacial score (nSPS) is 10.3. The molecule has 0 radical (unpaired) electrons. The molecule has 2 heteroatoms. The van der Waals surface area contributed by atoms with Crippen LogP contribution >= 0.6 is 0 Å². The van der Waals surface area contributed by atoms with Crippen molar-refractivity contribution in [1.29, 1.82) is 0 Å². The maximum Gasteiger partial charge on any atom is 0.0386 e. The molecule has 0 spiro atoms. The summed E-state index contributed by atoms with van der Waals surface area (Å²) in [6.45, 7) is 8.61. The third-order valence-electron chi connectivity index (χ3n) is 2.79. The van der Waals surface area contributed by atoms with Crippen LogP contribution in [0.15, 0.2) is 18.2 Å². The lowest BCUT2D eigenvalue weighted by molar-refractivity contribution is 0.732. The average Bonchev–Trinajstić information content (AvgIpc) is 2.24. The van der Waals surface area contributed by atoms with E-state index < -0.39 is 0 Å². The summed E-state index contributed by atoms with van der Waals surface area (Å²) in [5.41, 5.74) is 9.21. The zero-order valence-corrected chi connectivity index (χ0v) is 10.1. The third kappa shape index (κ3) is 3.15. The van der Waals surface area contributed by atoms with E-state index >= 15 is 0 Å². The summed E-state index contributed by atoms with van der Waals surface area (Å²) in [5.74, 6) is 0. The van der Waals surface area contributed by atoms with E-state index in [9.17, 15) is 0 Å². The maximum atomic E-state index is 5.92. The second-order valence-electron chi connectivity index (χ2n) is 3.97. The molecule has 1 aromatic carbocycles. The van der Waals surface area contributed by atoms with Gasteiger partial charge in [0.25, 0.3) is 0 Å². The van der Waals surface area contributed by atoms with Gasteiger partial charge in [-0.15, -0.1) is 0 Å². The van der Waals surface area contributed by atoms with E-state index in [4.69, 9.17) is 5.73 Å². The summed E-state index contributed by atoms with van der Waals surface area (Å²) in [5, 5.41) is 0. The van der Waals surface area contributed by atoms with Crippen LogP contribution in [0.25, 0.3) is 0 Å². The van der Waals surface area contributed by atoms with Gasteiger partial charge in [-0.2, -0.15) is 0 Å². The Kier molecular flexibility index (Phi) is 4.47. The summed E-state index contributed by atoms with van der Waals surface area (Å²) in [7, 11) is 0. The van der Waals surface area contributed by atoms with Crippen LogP contribution in [0.5, 0.6) is 0 Å². The van der Waals surface area contributed by atoms with Crippen LogP contribution < -0.4 is 10.6 Å². The van der Waals surface area contributed by atoms with Crippen LogP contribution in [0, 0.1) is 6.92 Å². The van der Waals surface area contributed by atoms with Gasteiger partial charge in [0.15, 0.2) is 0 Å². The Morgan fingerprint density at radius 1 is 1.27 bits per heavy atom. The zero-order chi connectivity index (χ0) is 11.3. The van der Waals surface area contributed by atoms with Crippen molar-refractivity contribution in [3.63, 3.8) is 0 Å². The van der Waals surface area contributed by atoms with Crippen molar-refractivity contribution in [2.75, 3.05) is 23.7 Å². The second-order valence-corrected chi connectivity index (χ2v) is 3.97. The maximum absolute atomic E-state index is 5.92. The van der Waals surface area contributed by atoms with Crippen LogP contribution in [-0.2, 0) is 0 Å². The summed E-state index contributed by atoms with van der Waals surface area (Å²) in [6.07, 6.45) is 2.47. The summed E-state index contributed by atoms with van der Waals surface area (Å²) < 4.78 is 0. The number of hydrogen-bond donors (Lipinski definition) is 1. The van der Waals surface area contributed by atoms with Crippen molar-refractivity contribution in [2.45, 2.75) is 33.6 Å². The van der Waals surface area contributed by atoms with Gasteiger partial charge in [-0.3, -0.25) is 0 Å². The fraction of sp³-hybridized carbons (Fsp3) is 0.538. The molecule has 15 heavy (non-hydrogen) atoms. The first-order valence-corrected chi connectivity index (χ1v) is 5.80. The topological polar surface area (TPSA) is 29.3 Å². The van der Waals surface area contributed by atoms with Crippen molar-refractivity contribution in [3.05, 3.63) is 23.8 Å². The van der Waals surface area contributed by atoms with Crippen molar-refractivity contribution in [1.82, 2.24) is 0 Å². The number of rotatable bonds is 5. The number of nitrogen functional groups attached to an aromatic ring is 1. The Bertz CT molecular complexity index is 307. The molecule has 0 heterocycles. The lowest BCUT2D eigenvalue weighted by Crippen LogP contribution is -2.23. The molecule has 2 nitrogen and oxygen atoms in total. The lowest BCUT2D eigenvalue weighted by atomic mass is 10.1. The molecule has 0 fully saturated rings. The summed E-state index contributed by atoms with van der Waals surface area (Å²) in [6, 6.07) is 6.33. The highest BCUT2D eigenvalue weighted by molar-refractivity contribution is 5.59. The van der Waals surface area contributed by atoms with Gasteiger partial charge in [0.1, 0.15) is 0 Å². The van der Waals surface area contributed by atoms with E-state index in [1.54, 1.807) is 0 Å². The number of nitrogens with zero attached hydrogens (tertiary/aromatic N) is 1.